The molecular weight excluding hydrogens is 488 g/mol. The molecule has 1 atom stereocenters. The van der Waals surface area contributed by atoms with E-state index in [2.05, 4.69) is 0 Å². The van der Waals surface area contributed by atoms with Crippen molar-refractivity contribution in [2.75, 3.05) is 18.3 Å². The molecule has 0 aliphatic heterocycles. The van der Waals surface area contributed by atoms with Crippen LogP contribution in [0, 0.1) is 0 Å². The number of thioether (sulfide) groups is 1. The topological polar surface area (TPSA) is 119 Å². The smallest absolute Gasteiger partial charge is 0.321 e. The summed E-state index contributed by atoms with van der Waals surface area (Å²) in [6.45, 7) is 4.96. The Hall–Kier alpha value is -0.0300. The highest BCUT2D eigenvalue weighted by Crippen LogP contribution is 2.62. The summed E-state index contributed by atoms with van der Waals surface area (Å²) in [5.41, 5.74) is 2.61. The number of hydrogen-bond acceptors (Lipinski definition) is 8. The van der Waals surface area contributed by atoms with Crippen LogP contribution in [0.3, 0.4) is 0 Å². The molecule has 0 amide bonds. The van der Waals surface area contributed by atoms with Crippen LogP contribution in [0.5, 0.6) is 0 Å². The lowest BCUT2D eigenvalue weighted by atomic mass is 10.2. The Morgan fingerprint density at radius 3 is 2.25 bits per heavy atom. The second kappa shape index (κ2) is 14.9. The fraction of sp³-hybridized carbons (Fsp3) is 0.467. The van der Waals surface area contributed by atoms with Crippen LogP contribution in [0.25, 0.3) is 0 Å². The number of hydrogen-bond donors (Lipinski definition) is 3. The minimum absolute atomic E-state index is 0.532. The monoisotopic (exact) mass is 509 g/mol. The predicted octanol–water partition coefficient (Wildman–Crippen LogP) is 4.95. The number of halogens is 2. The molecule has 0 saturated heterocycles. The third-order valence-electron chi connectivity index (χ3n) is 2.60. The van der Waals surface area contributed by atoms with Gasteiger partial charge in [0.25, 0.3) is 0 Å². The van der Waals surface area contributed by atoms with Gasteiger partial charge >= 0.3 is 11.9 Å². The zero-order valence-electron chi connectivity index (χ0n) is 15.2. The summed E-state index contributed by atoms with van der Waals surface area (Å²) >= 11 is 20.6. The lowest BCUT2D eigenvalue weighted by Gasteiger charge is -2.19. The summed E-state index contributed by atoms with van der Waals surface area (Å²) < 4.78 is 11.1. The van der Waals surface area contributed by atoms with Gasteiger partial charge in [0.1, 0.15) is 6.04 Å². The van der Waals surface area contributed by atoms with Crippen LogP contribution >= 0.6 is 52.0 Å². The third kappa shape index (κ3) is 12.5. The fourth-order valence-electron chi connectivity index (χ4n) is 1.45. The van der Waals surface area contributed by atoms with Crippen molar-refractivity contribution in [1.82, 2.24) is 0 Å². The van der Waals surface area contributed by atoms with Crippen molar-refractivity contribution in [3.63, 3.8) is 0 Å². The number of carboxylic acid groups (broad SMARTS) is 2. The van der Waals surface area contributed by atoms with Crippen LogP contribution in [0.1, 0.15) is 20.3 Å². The molecule has 4 N–H and O–H groups in total. The Labute approximate surface area is 187 Å². The van der Waals surface area contributed by atoms with E-state index in [1.165, 1.54) is 11.4 Å². The van der Waals surface area contributed by atoms with Crippen molar-refractivity contribution in [2.45, 2.75) is 31.2 Å². The Morgan fingerprint density at radius 1 is 1.25 bits per heavy atom. The zero-order valence-corrected chi connectivity index (χ0v) is 20.0. The molecule has 0 aliphatic carbocycles. The van der Waals surface area contributed by atoms with Crippen molar-refractivity contribution < 1.29 is 28.8 Å². The first-order chi connectivity index (χ1) is 13.0. The van der Waals surface area contributed by atoms with E-state index in [-0.39, 0.29) is 0 Å². The number of nitrogens with two attached hydrogens (primary N) is 1. The lowest BCUT2D eigenvalue weighted by molar-refractivity contribution is -0.144. The molecule has 160 valence electrons. The molecule has 0 radical (unpaired) electrons. The fourth-order valence-corrected chi connectivity index (χ4v) is 8.98. The van der Waals surface area contributed by atoms with Crippen LogP contribution in [0.4, 0.5) is 0 Å². The van der Waals surface area contributed by atoms with Crippen LogP contribution in [0.15, 0.2) is 23.1 Å². The molecule has 0 aromatic heterocycles. The molecule has 1 aromatic carbocycles. The van der Waals surface area contributed by atoms with E-state index in [0.717, 1.165) is 9.98 Å². The van der Waals surface area contributed by atoms with E-state index in [9.17, 15) is 9.59 Å². The molecule has 0 saturated carbocycles. The van der Waals surface area contributed by atoms with E-state index in [0.29, 0.717) is 23.3 Å². The maximum Gasteiger partial charge on any atom is 0.321 e. The van der Waals surface area contributed by atoms with E-state index < -0.39 is 30.1 Å². The summed E-state index contributed by atoms with van der Waals surface area (Å²) in [5.74, 6) is -2.50. The van der Waals surface area contributed by atoms with Gasteiger partial charge in [-0.15, -0.1) is 11.8 Å². The molecule has 0 aliphatic rings. The van der Waals surface area contributed by atoms with E-state index in [4.69, 9.17) is 60.0 Å². The van der Waals surface area contributed by atoms with Gasteiger partial charge in [-0.05, 0) is 43.9 Å². The van der Waals surface area contributed by atoms with Crippen molar-refractivity contribution in [2.24, 2.45) is 5.73 Å². The van der Waals surface area contributed by atoms with Gasteiger partial charge in [0.15, 0.2) is 0 Å². The molecule has 1 rings (SSSR count). The van der Waals surface area contributed by atoms with Crippen LogP contribution in [0.2, 0.25) is 10.0 Å². The first-order valence-corrected chi connectivity index (χ1v) is 13.8. The number of aliphatic carboxylic acids is 2. The summed E-state index contributed by atoms with van der Waals surface area (Å²) in [6.07, 6.45) is -0.532. The van der Waals surface area contributed by atoms with Crippen molar-refractivity contribution >= 4 is 75.8 Å². The maximum atomic E-state index is 9.85. The van der Waals surface area contributed by atoms with Gasteiger partial charge in [0.05, 0.1) is 29.7 Å². The van der Waals surface area contributed by atoms with Crippen LogP contribution < -0.4 is 5.73 Å². The number of carbonyl (C=O) groups is 2. The molecule has 1 unspecified atom stereocenters. The minimum atomic E-state index is -2.23. The molecule has 28 heavy (non-hydrogen) atoms. The standard InChI is InChI=1S/C11H15Cl2O2PS3.C4H7NO4/c1-3-14-16(17,15-4-2)19-8-18-11-7-9(12)5-6-10(11)13;5-2(4(8)9)1-3(6)7/h5-7H,3-4,8H2,1-2H3;2H,1,5H2,(H,6,7)(H,8,9). The Kier molecular flexibility index (Phi) is 14.9. The Morgan fingerprint density at radius 2 is 1.82 bits per heavy atom. The average molecular weight is 510 g/mol. The first-order valence-electron chi connectivity index (χ1n) is 7.86. The molecule has 7 nitrogen and oxygen atoms in total. The largest absolute Gasteiger partial charge is 0.481 e. The first kappa shape index (κ1) is 28.0. The molecular formula is C15H22Cl2NO6PS3. The van der Waals surface area contributed by atoms with Gasteiger partial charge in [0.2, 0.25) is 5.69 Å². The third-order valence-corrected chi connectivity index (χ3v) is 10.4. The SMILES string of the molecule is CCOP(=S)(OCC)SCSc1cc(Cl)ccc1Cl.NC(CC(=O)O)C(=O)O. The molecule has 0 bridgehead atoms. The highest BCUT2D eigenvalue weighted by molar-refractivity contribution is 8.69. The minimum Gasteiger partial charge on any atom is -0.481 e. The highest BCUT2D eigenvalue weighted by atomic mass is 35.5. The number of rotatable bonds is 11. The van der Waals surface area contributed by atoms with Gasteiger partial charge in [-0.3, -0.25) is 9.59 Å². The van der Waals surface area contributed by atoms with Gasteiger partial charge in [-0.1, -0.05) is 34.6 Å². The Bertz CT molecular complexity index is 688. The number of carboxylic acids is 2. The zero-order chi connectivity index (χ0) is 21.7. The summed E-state index contributed by atoms with van der Waals surface area (Å²) in [7, 11) is 0. The molecule has 0 heterocycles. The van der Waals surface area contributed by atoms with E-state index >= 15 is 0 Å². The highest BCUT2D eigenvalue weighted by Gasteiger charge is 2.19. The van der Waals surface area contributed by atoms with Gasteiger partial charge < -0.3 is 25.0 Å². The quantitative estimate of drug-likeness (QED) is 0.214. The second-order valence-corrected chi connectivity index (χ2v) is 13.3. The summed E-state index contributed by atoms with van der Waals surface area (Å²) in [6, 6.07) is 4.12. The van der Waals surface area contributed by atoms with Gasteiger partial charge in [0, 0.05) is 9.92 Å². The maximum absolute atomic E-state index is 9.85. The number of benzene rings is 1. The van der Waals surface area contributed by atoms with Crippen LogP contribution in [-0.2, 0) is 30.4 Å². The van der Waals surface area contributed by atoms with Crippen molar-refractivity contribution in [3.05, 3.63) is 28.2 Å². The van der Waals surface area contributed by atoms with Gasteiger partial charge in [-0.2, -0.15) is 0 Å². The lowest BCUT2D eigenvalue weighted by Crippen LogP contribution is -2.32. The van der Waals surface area contributed by atoms with E-state index in [1.54, 1.807) is 23.9 Å². The molecule has 0 spiro atoms. The summed E-state index contributed by atoms with van der Waals surface area (Å²) in [5, 5.41) is 18.1. The second-order valence-electron chi connectivity index (χ2n) is 4.79. The van der Waals surface area contributed by atoms with Crippen molar-refractivity contribution in [3.8, 4) is 0 Å². The van der Waals surface area contributed by atoms with Crippen LogP contribution in [-0.4, -0.2) is 46.5 Å². The molecule has 0 fully saturated rings. The van der Waals surface area contributed by atoms with Crippen molar-refractivity contribution in [1.29, 1.82) is 0 Å². The molecule has 1 aromatic rings. The van der Waals surface area contributed by atoms with E-state index in [1.807, 2.05) is 19.9 Å². The van der Waals surface area contributed by atoms with Gasteiger partial charge in [-0.25, -0.2) is 0 Å². The summed E-state index contributed by atoms with van der Waals surface area (Å²) in [4.78, 5) is 20.6. The predicted molar refractivity (Wildman–Crippen MR) is 120 cm³/mol. The normalized spacial score (nSPS) is 12.0. The average Bonchev–Trinajstić information content (AvgIpc) is 2.58. The molecule has 13 heteroatoms. The Balaban J connectivity index is 0.000000684.